The van der Waals surface area contributed by atoms with Gasteiger partial charge < -0.3 is 9.84 Å². The number of ether oxygens (including phenoxy) is 1. The first-order chi connectivity index (χ1) is 9.63. The van der Waals surface area contributed by atoms with Gasteiger partial charge in [0.1, 0.15) is 11.9 Å². The Bertz CT molecular complexity index is 335. The van der Waals surface area contributed by atoms with E-state index in [-0.39, 0.29) is 12.1 Å². The number of esters is 1. The predicted octanol–water partition coefficient (Wildman–Crippen LogP) is 4.69. The monoisotopic (exact) mass is 280 g/mol. The molecule has 1 atom stereocenters. The molecule has 1 aromatic carbocycles. The molecule has 0 spiro atoms. The highest BCUT2D eigenvalue weighted by Crippen LogP contribution is 2.10. The number of carbonyl (C=O) groups is 1. The summed E-state index contributed by atoms with van der Waals surface area (Å²) in [5, 5.41) is 8.63. The van der Waals surface area contributed by atoms with Gasteiger partial charge in [0.25, 0.3) is 0 Å². The summed E-state index contributed by atoms with van der Waals surface area (Å²) in [7, 11) is 0. The van der Waals surface area contributed by atoms with Crippen LogP contribution in [0.1, 0.15) is 59.3 Å². The van der Waals surface area contributed by atoms with Crippen molar-refractivity contribution in [3.63, 3.8) is 0 Å². The highest BCUT2D eigenvalue weighted by molar-refractivity contribution is 5.69. The van der Waals surface area contributed by atoms with Crippen molar-refractivity contribution < 1.29 is 14.6 Å². The lowest BCUT2D eigenvalue weighted by molar-refractivity contribution is -0.149. The second-order valence-electron chi connectivity index (χ2n) is 4.71. The molecule has 0 bridgehead atoms. The molecule has 114 valence electrons. The molecule has 0 aliphatic carbocycles. The van der Waals surface area contributed by atoms with Crippen LogP contribution in [0.2, 0.25) is 0 Å². The fourth-order valence-corrected chi connectivity index (χ4v) is 1.67. The first-order valence-electron chi connectivity index (χ1n) is 7.57. The number of unbranched alkanes of at least 4 members (excludes halogenated alkanes) is 2. The maximum Gasteiger partial charge on any atom is 0.305 e. The van der Waals surface area contributed by atoms with Crippen LogP contribution in [0, 0.1) is 0 Å². The lowest BCUT2D eigenvalue weighted by Gasteiger charge is -2.15. The first kappa shape index (κ1) is 18.5. The molecule has 0 saturated heterocycles. The Kier molecular flexibility index (Phi) is 11.6. The third-order valence-electron chi connectivity index (χ3n) is 2.93. The van der Waals surface area contributed by atoms with Gasteiger partial charge in [0, 0.05) is 6.42 Å². The molecule has 3 nitrogen and oxygen atoms in total. The van der Waals surface area contributed by atoms with Gasteiger partial charge in [-0.1, -0.05) is 51.8 Å². The van der Waals surface area contributed by atoms with Crippen molar-refractivity contribution >= 4 is 5.97 Å². The molecule has 0 fully saturated rings. The average Bonchev–Trinajstić information content (AvgIpc) is 2.47. The highest BCUT2D eigenvalue weighted by Gasteiger charge is 2.09. The van der Waals surface area contributed by atoms with Gasteiger partial charge in [-0.15, -0.1) is 0 Å². The lowest BCUT2D eigenvalue weighted by Crippen LogP contribution is -2.16. The summed E-state index contributed by atoms with van der Waals surface area (Å²) in [5.41, 5.74) is 0. The number of para-hydroxylation sites is 1. The number of phenolic OH excluding ortho intramolecular Hbond substituents is 1. The van der Waals surface area contributed by atoms with Gasteiger partial charge in [-0.05, 0) is 31.4 Å². The highest BCUT2D eigenvalue weighted by atomic mass is 16.5. The third-order valence-corrected chi connectivity index (χ3v) is 2.93. The van der Waals surface area contributed by atoms with Crippen molar-refractivity contribution in [3.05, 3.63) is 30.3 Å². The van der Waals surface area contributed by atoms with Crippen LogP contribution < -0.4 is 0 Å². The predicted molar refractivity (Wildman–Crippen MR) is 82.7 cm³/mol. The normalized spacial score (nSPS) is 11.2. The quantitative estimate of drug-likeness (QED) is 0.582. The van der Waals surface area contributed by atoms with Gasteiger partial charge in [0.15, 0.2) is 0 Å². The molecule has 0 amide bonds. The molecule has 0 aromatic heterocycles. The zero-order chi connectivity index (χ0) is 15.2. The molecule has 20 heavy (non-hydrogen) atoms. The lowest BCUT2D eigenvalue weighted by atomic mass is 10.1. The number of aromatic hydroxyl groups is 1. The SMILES string of the molecule is CCCCCC(CC)OC(=O)CC.Oc1ccccc1. The van der Waals surface area contributed by atoms with E-state index in [9.17, 15) is 4.79 Å². The van der Waals surface area contributed by atoms with E-state index in [2.05, 4.69) is 13.8 Å². The van der Waals surface area contributed by atoms with Crippen LogP contribution in [-0.2, 0) is 9.53 Å². The van der Waals surface area contributed by atoms with Gasteiger partial charge in [0.2, 0.25) is 0 Å². The van der Waals surface area contributed by atoms with E-state index in [0.29, 0.717) is 12.2 Å². The van der Waals surface area contributed by atoms with Crippen molar-refractivity contribution in [2.45, 2.75) is 65.4 Å². The van der Waals surface area contributed by atoms with Gasteiger partial charge in [0.05, 0.1) is 0 Å². The summed E-state index contributed by atoms with van der Waals surface area (Å²) in [5.74, 6) is 0.255. The number of rotatable bonds is 7. The van der Waals surface area contributed by atoms with Crippen LogP contribution in [0.5, 0.6) is 5.75 Å². The minimum absolute atomic E-state index is 0.0663. The van der Waals surface area contributed by atoms with Crippen molar-refractivity contribution in [2.75, 3.05) is 0 Å². The van der Waals surface area contributed by atoms with Crippen molar-refractivity contribution in [1.82, 2.24) is 0 Å². The molecular weight excluding hydrogens is 252 g/mol. The molecule has 1 unspecified atom stereocenters. The fraction of sp³-hybridized carbons (Fsp3) is 0.588. The zero-order valence-corrected chi connectivity index (χ0v) is 13.0. The van der Waals surface area contributed by atoms with Gasteiger partial charge in [-0.25, -0.2) is 0 Å². The maximum atomic E-state index is 11.0. The van der Waals surface area contributed by atoms with Crippen LogP contribution >= 0.6 is 0 Å². The fourth-order valence-electron chi connectivity index (χ4n) is 1.67. The van der Waals surface area contributed by atoms with Crippen LogP contribution in [0.4, 0.5) is 0 Å². The number of hydrogen-bond acceptors (Lipinski definition) is 3. The molecule has 0 aliphatic rings. The van der Waals surface area contributed by atoms with Crippen molar-refractivity contribution in [3.8, 4) is 5.75 Å². The van der Waals surface area contributed by atoms with E-state index < -0.39 is 0 Å². The Morgan fingerprint density at radius 3 is 2.20 bits per heavy atom. The molecule has 0 saturated carbocycles. The number of benzene rings is 1. The van der Waals surface area contributed by atoms with Crippen LogP contribution in [-0.4, -0.2) is 17.2 Å². The molecule has 1 rings (SSSR count). The molecule has 3 heteroatoms. The van der Waals surface area contributed by atoms with Gasteiger partial charge in [-0.2, -0.15) is 0 Å². The summed E-state index contributed by atoms with van der Waals surface area (Å²) in [6, 6.07) is 8.71. The van der Waals surface area contributed by atoms with Crippen molar-refractivity contribution in [2.24, 2.45) is 0 Å². The maximum absolute atomic E-state index is 11.0. The molecule has 0 heterocycles. The van der Waals surface area contributed by atoms with E-state index in [4.69, 9.17) is 9.84 Å². The zero-order valence-electron chi connectivity index (χ0n) is 13.0. The minimum atomic E-state index is -0.0663. The molecule has 1 N–H and O–H groups in total. The Balaban J connectivity index is 0.000000428. The Hall–Kier alpha value is -1.51. The standard InChI is InChI=1S/C11H22O2.C6H6O/c1-4-7-8-9-10(5-2)13-11(12)6-3;7-6-4-2-1-3-5-6/h10H,4-9H2,1-3H3;1-5,7H. The van der Waals surface area contributed by atoms with E-state index in [1.807, 2.05) is 13.0 Å². The summed E-state index contributed by atoms with van der Waals surface area (Å²) in [6.07, 6.45) is 6.24. The number of hydrogen-bond donors (Lipinski definition) is 1. The molecular formula is C17H28O3. The second kappa shape index (κ2) is 12.5. The molecule has 1 aromatic rings. The molecule has 0 aliphatic heterocycles. The summed E-state index contributed by atoms with van der Waals surface area (Å²) in [4.78, 5) is 11.0. The second-order valence-corrected chi connectivity index (χ2v) is 4.71. The third kappa shape index (κ3) is 10.4. The Morgan fingerprint density at radius 2 is 1.80 bits per heavy atom. The Morgan fingerprint density at radius 1 is 1.15 bits per heavy atom. The van der Waals surface area contributed by atoms with Crippen LogP contribution in [0.15, 0.2) is 30.3 Å². The van der Waals surface area contributed by atoms with Crippen molar-refractivity contribution in [1.29, 1.82) is 0 Å². The van der Waals surface area contributed by atoms with Gasteiger partial charge >= 0.3 is 5.97 Å². The summed E-state index contributed by atoms with van der Waals surface area (Å²) in [6.45, 7) is 6.08. The van der Waals surface area contributed by atoms with Gasteiger partial charge in [-0.3, -0.25) is 4.79 Å². The number of carbonyl (C=O) groups excluding carboxylic acids is 1. The van der Waals surface area contributed by atoms with E-state index in [0.717, 1.165) is 12.8 Å². The molecule has 0 radical (unpaired) electrons. The minimum Gasteiger partial charge on any atom is -0.508 e. The number of phenols is 1. The smallest absolute Gasteiger partial charge is 0.305 e. The van der Waals surface area contributed by atoms with Crippen LogP contribution in [0.25, 0.3) is 0 Å². The van der Waals surface area contributed by atoms with E-state index in [1.165, 1.54) is 19.3 Å². The largest absolute Gasteiger partial charge is 0.508 e. The van der Waals surface area contributed by atoms with E-state index >= 15 is 0 Å². The summed E-state index contributed by atoms with van der Waals surface area (Å²) >= 11 is 0. The average molecular weight is 280 g/mol. The van der Waals surface area contributed by atoms with Crippen LogP contribution in [0.3, 0.4) is 0 Å². The van der Waals surface area contributed by atoms with E-state index in [1.54, 1.807) is 24.3 Å². The summed E-state index contributed by atoms with van der Waals surface area (Å²) < 4.78 is 5.26. The topological polar surface area (TPSA) is 46.5 Å². The Labute approximate surface area is 123 Å². The first-order valence-corrected chi connectivity index (χ1v) is 7.57.